The lowest BCUT2D eigenvalue weighted by atomic mass is 9.35. The van der Waals surface area contributed by atoms with Crippen molar-refractivity contribution in [3.05, 3.63) is 11.6 Å². The van der Waals surface area contributed by atoms with Gasteiger partial charge in [-0.15, -0.1) is 0 Å². The molecule has 6 N–H and O–H groups in total. The van der Waals surface area contributed by atoms with Gasteiger partial charge in [-0.1, -0.05) is 39.3 Å². The first-order valence-electron chi connectivity index (χ1n) is 25.5. The van der Waals surface area contributed by atoms with Gasteiger partial charge in [-0.2, -0.15) is 0 Å². The average molecular weight is 981 g/mol. The summed E-state index contributed by atoms with van der Waals surface area (Å²) in [6, 6.07) is 0. The highest BCUT2D eigenvalue weighted by atomic mass is 16.8. The third kappa shape index (κ3) is 8.29. The van der Waals surface area contributed by atoms with Crippen LogP contribution < -0.4 is 0 Å². The molecule has 2 spiro atoms. The molecule has 25 atom stereocenters. The van der Waals surface area contributed by atoms with Crippen LogP contribution in [0.4, 0.5) is 0 Å². The Morgan fingerprint density at radius 3 is 2.01 bits per heavy atom. The van der Waals surface area contributed by atoms with Crippen molar-refractivity contribution in [1.29, 1.82) is 0 Å². The summed E-state index contributed by atoms with van der Waals surface area (Å²) in [5, 5.41) is 64.8. The summed E-state index contributed by atoms with van der Waals surface area (Å²) in [5.74, 6) is -1.72. The molecular formula is C51H80O18. The van der Waals surface area contributed by atoms with E-state index in [2.05, 4.69) is 40.7 Å². The maximum atomic E-state index is 12.6. The Labute approximate surface area is 405 Å². The summed E-state index contributed by atoms with van der Waals surface area (Å²) in [6.07, 6.45) is -9.40. The van der Waals surface area contributed by atoms with Crippen LogP contribution in [-0.4, -0.2) is 165 Å². The van der Waals surface area contributed by atoms with E-state index in [-0.39, 0.29) is 58.2 Å². The van der Waals surface area contributed by atoms with Crippen LogP contribution in [0.3, 0.4) is 0 Å². The summed E-state index contributed by atoms with van der Waals surface area (Å²) in [7, 11) is 0. The first kappa shape index (κ1) is 52.0. The fourth-order valence-corrected chi connectivity index (χ4v) is 16.4. The normalized spacial score (nSPS) is 54.3. The van der Waals surface area contributed by atoms with E-state index >= 15 is 0 Å². The van der Waals surface area contributed by atoms with Gasteiger partial charge in [0.15, 0.2) is 36.9 Å². The van der Waals surface area contributed by atoms with Crippen LogP contribution in [0.15, 0.2) is 11.6 Å². The molecule has 392 valence electrons. The quantitative estimate of drug-likeness (QED) is 0.110. The van der Waals surface area contributed by atoms with Crippen molar-refractivity contribution in [3.63, 3.8) is 0 Å². The minimum absolute atomic E-state index is 0.0820. The van der Waals surface area contributed by atoms with E-state index in [0.717, 1.165) is 37.7 Å². The van der Waals surface area contributed by atoms with Crippen LogP contribution in [0, 0.1) is 45.3 Å². The molecule has 5 aliphatic heterocycles. The number of aliphatic hydroxyl groups excluding tert-OH is 6. The number of ether oxygens (including phenoxy) is 10. The van der Waals surface area contributed by atoms with Gasteiger partial charge in [0.05, 0.1) is 43.2 Å². The van der Waals surface area contributed by atoms with Crippen molar-refractivity contribution in [2.45, 2.75) is 237 Å². The molecular weight excluding hydrogens is 901 g/mol. The highest BCUT2D eigenvalue weighted by Gasteiger charge is 2.81. The van der Waals surface area contributed by atoms with Crippen molar-refractivity contribution in [3.8, 4) is 0 Å². The highest BCUT2D eigenvalue weighted by Crippen LogP contribution is 2.80. The number of esters is 2. The zero-order chi connectivity index (χ0) is 50.1. The van der Waals surface area contributed by atoms with Gasteiger partial charge in [0.25, 0.3) is 0 Å². The zero-order valence-electron chi connectivity index (χ0n) is 42.3. The molecule has 9 fully saturated rings. The summed E-state index contributed by atoms with van der Waals surface area (Å²) in [4.78, 5) is 24.9. The average Bonchev–Trinajstić information content (AvgIpc) is 3.78. The third-order valence-electron chi connectivity index (χ3n) is 19.3. The molecule has 4 aliphatic carbocycles. The zero-order valence-corrected chi connectivity index (χ0v) is 42.3. The Morgan fingerprint density at radius 1 is 0.681 bits per heavy atom. The van der Waals surface area contributed by atoms with Gasteiger partial charge in [0.1, 0.15) is 42.7 Å². The Kier molecular flexibility index (Phi) is 13.7. The number of hydrogen-bond donors (Lipinski definition) is 6. The van der Waals surface area contributed by atoms with Crippen LogP contribution in [0.1, 0.15) is 128 Å². The van der Waals surface area contributed by atoms with Crippen LogP contribution in [0.5, 0.6) is 0 Å². The van der Waals surface area contributed by atoms with Crippen LogP contribution in [-0.2, 0) is 57.0 Å². The van der Waals surface area contributed by atoms with Crippen LogP contribution in [0.2, 0.25) is 0 Å². The second-order valence-electron chi connectivity index (χ2n) is 24.1. The standard InChI is InChI=1S/C51H80O18/c1-23(2)18-28-19-49(11,69-45-41(65-27(6)53)40(64-26(5)52)35(55)25(4)63-45)42-29-12-13-32-47(9)16-15-33(46(7,8)31(47)14-17-48(32,10)50(29)21-51(42,68-28)61-22-50)67-43-38(58)36(56)30(20-60-43)66-44-39(59)37(57)34(54)24(3)62-44/h18,24-25,28-45,54-59H,12-17,19-22H2,1-11H3/t24-,25-,28+,29-,30+,31+,32-,33+,34+,35+,36-,37-,38-,39-,40-,41-,42+,43+,44+,45+,47+,48-,49+,50+,51+/m1/s1. The van der Waals surface area contributed by atoms with E-state index in [0.29, 0.717) is 31.8 Å². The molecule has 5 heterocycles. The second-order valence-corrected chi connectivity index (χ2v) is 24.1. The second kappa shape index (κ2) is 18.2. The number of carbonyl (C=O) groups excluding carboxylic acids is 2. The molecule has 18 nitrogen and oxygen atoms in total. The molecule has 9 rings (SSSR count). The predicted molar refractivity (Wildman–Crippen MR) is 241 cm³/mol. The summed E-state index contributed by atoms with van der Waals surface area (Å²) in [6.45, 7) is 21.8. The Morgan fingerprint density at radius 2 is 1.33 bits per heavy atom. The number of allylic oxidation sites excluding steroid dienone is 1. The largest absolute Gasteiger partial charge is 0.455 e. The number of hydrogen-bond acceptors (Lipinski definition) is 18. The number of rotatable bonds is 9. The molecule has 4 saturated carbocycles. The van der Waals surface area contributed by atoms with Gasteiger partial charge in [-0.25, -0.2) is 0 Å². The van der Waals surface area contributed by atoms with Gasteiger partial charge in [-0.3, -0.25) is 9.59 Å². The number of carbonyl (C=O) groups is 2. The first-order valence-corrected chi connectivity index (χ1v) is 25.5. The lowest BCUT2D eigenvalue weighted by molar-refractivity contribution is -0.384. The minimum atomic E-state index is -1.57. The van der Waals surface area contributed by atoms with E-state index in [9.17, 15) is 40.2 Å². The molecule has 0 amide bonds. The summed E-state index contributed by atoms with van der Waals surface area (Å²) < 4.78 is 63.5. The lowest BCUT2D eigenvalue weighted by Gasteiger charge is -2.70. The van der Waals surface area contributed by atoms with Gasteiger partial charge in [-0.05, 0) is 107 Å². The molecule has 0 aromatic rings. The fourth-order valence-electron chi connectivity index (χ4n) is 16.4. The molecule has 0 unspecified atom stereocenters. The van der Waals surface area contributed by atoms with E-state index < -0.39 is 109 Å². The predicted octanol–water partition coefficient (Wildman–Crippen LogP) is 3.16. The smallest absolute Gasteiger partial charge is 0.303 e. The molecule has 69 heavy (non-hydrogen) atoms. The van der Waals surface area contributed by atoms with Gasteiger partial charge >= 0.3 is 11.9 Å². The van der Waals surface area contributed by atoms with Gasteiger partial charge in [0, 0.05) is 38.0 Å². The van der Waals surface area contributed by atoms with Crippen molar-refractivity contribution < 1.29 is 87.6 Å². The van der Waals surface area contributed by atoms with Gasteiger partial charge < -0.3 is 78.0 Å². The highest BCUT2D eigenvalue weighted by molar-refractivity contribution is 5.67. The van der Waals surface area contributed by atoms with Crippen molar-refractivity contribution in [2.75, 3.05) is 13.2 Å². The van der Waals surface area contributed by atoms with Crippen molar-refractivity contribution in [1.82, 2.24) is 0 Å². The maximum Gasteiger partial charge on any atom is 0.303 e. The van der Waals surface area contributed by atoms with E-state index in [1.165, 1.54) is 20.8 Å². The molecule has 0 aromatic carbocycles. The Balaban J connectivity index is 0.945. The van der Waals surface area contributed by atoms with E-state index in [4.69, 9.17) is 47.4 Å². The minimum Gasteiger partial charge on any atom is -0.455 e. The molecule has 0 radical (unpaired) electrons. The molecule has 0 aromatic heterocycles. The van der Waals surface area contributed by atoms with E-state index in [1.54, 1.807) is 6.92 Å². The third-order valence-corrected chi connectivity index (χ3v) is 19.3. The molecule has 2 bridgehead atoms. The summed E-state index contributed by atoms with van der Waals surface area (Å²) >= 11 is 0. The van der Waals surface area contributed by atoms with Crippen molar-refractivity contribution >= 4 is 11.9 Å². The number of fused-ring (bicyclic) bond motifs is 4. The topological polar surface area (TPSA) is 248 Å². The van der Waals surface area contributed by atoms with Crippen LogP contribution >= 0.6 is 0 Å². The summed E-state index contributed by atoms with van der Waals surface area (Å²) in [5.41, 5.74) is -0.688. The Hall–Kier alpha value is -1.88. The molecule has 5 saturated heterocycles. The fraction of sp³-hybridized carbons (Fsp3) is 0.922. The number of aliphatic hydroxyl groups is 6. The SMILES string of the molecule is CC(=O)O[C@@H]1[C@@H](O)[C@@H](C)O[C@@H](O[C@@]2(C)C[C@H](C=C(C)C)O[C@]34C[C@]5(CO3)[C@H](CC[C@@H]3[C@@]6(C)CC[C@H](O[C@@H]7OC[C@H](O[C@@H]8O[C@H](C)[C@H](O)[C@@H](O)[C@H]8O)[C@@H](O)[C@H]7O)C(C)(C)[C@@H]6CC[C@]35C)[C@H]42)[C@@H]1OC(C)=O. The molecule has 18 heteroatoms. The van der Waals surface area contributed by atoms with E-state index in [1.807, 2.05) is 13.8 Å². The first-order chi connectivity index (χ1) is 32.2. The molecule has 9 aliphatic rings. The van der Waals surface area contributed by atoms with Crippen molar-refractivity contribution in [2.24, 2.45) is 45.3 Å². The maximum absolute atomic E-state index is 12.6. The lowest BCUT2D eigenvalue weighted by Crippen LogP contribution is -2.69. The monoisotopic (exact) mass is 981 g/mol. The van der Waals surface area contributed by atoms with Gasteiger partial charge in [0.2, 0.25) is 0 Å². The Bertz CT molecular complexity index is 1960. The van der Waals surface area contributed by atoms with Crippen LogP contribution in [0.25, 0.3) is 0 Å².